The zero-order valence-electron chi connectivity index (χ0n) is 16.0. The summed E-state index contributed by atoms with van der Waals surface area (Å²) in [6.07, 6.45) is 0.637. The number of nitrogens with zero attached hydrogens (tertiary/aromatic N) is 2. The van der Waals surface area contributed by atoms with Crippen LogP contribution in [0.3, 0.4) is 0 Å². The van der Waals surface area contributed by atoms with Crippen LogP contribution in [0.1, 0.15) is 18.9 Å². The molecule has 1 fully saturated rings. The standard InChI is InChI=1S/C17H26F2N4O4S/c1-3-26-14-7-4-6-13(15(14)27-16(18)19)12-22-17(20-2)21-8-10-23-9-5-11-28(23,24)25/h4,6-7,16H,3,5,8-12H2,1-2H3,(H2,20,21,22). The van der Waals surface area contributed by atoms with Crippen molar-refractivity contribution in [1.29, 1.82) is 0 Å². The van der Waals surface area contributed by atoms with Gasteiger partial charge in [-0.15, -0.1) is 0 Å². The Balaban J connectivity index is 1.94. The van der Waals surface area contributed by atoms with Gasteiger partial charge in [-0.2, -0.15) is 8.78 Å². The van der Waals surface area contributed by atoms with Crippen molar-refractivity contribution >= 4 is 16.0 Å². The molecule has 0 radical (unpaired) electrons. The molecule has 0 aromatic heterocycles. The quantitative estimate of drug-likeness (QED) is 0.463. The molecule has 1 aromatic carbocycles. The van der Waals surface area contributed by atoms with Gasteiger partial charge in [0.05, 0.1) is 12.4 Å². The lowest BCUT2D eigenvalue weighted by atomic mass is 10.2. The number of alkyl halides is 2. The van der Waals surface area contributed by atoms with Crippen LogP contribution < -0.4 is 20.1 Å². The minimum absolute atomic E-state index is 0.0227. The van der Waals surface area contributed by atoms with E-state index >= 15 is 0 Å². The zero-order chi connectivity index (χ0) is 20.6. The van der Waals surface area contributed by atoms with Gasteiger partial charge >= 0.3 is 6.61 Å². The maximum absolute atomic E-state index is 12.8. The predicted molar refractivity (Wildman–Crippen MR) is 102 cm³/mol. The number of para-hydroxylation sites is 1. The Morgan fingerprint density at radius 3 is 2.75 bits per heavy atom. The van der Waals surface area contributed by atoms with E-state index in [1.807, 2.05) is 0 Å². The Bertz CT molecular complexity index is 774. The van der Waals surface area contributed by atoms with Crippen LogP contribution in [0.5, 0.6) is 11.5 Å². The molecular weight excluding hydrogens is 394 g/mol. The van der Waals surface area contributed by atoms with Gasteiger partial charge in [-0.1, -0.05) is 12.1 Å². The van der Waals surface area contributed by atoms with Gasteiger partial charge in [0.25, 0.3) is 0 Å². The Kier molecular flexibility index (Phi) is 8.24. The second-order valence-electron chi connectivity index (χ2n) is 5.98. The molecule has 0 saturated carbocycles. The molecule has 8 nitrogen and oxygen atoms in total. The topological polar surface area (TPSA) is 92.3 Å². The summed E-state index contributed by atoms with van der Waals surface area (Å²) in [7, 11) is -1.58. The molecule has 0 unspecified atom stereocenters. The van der Waals surface area contributed by atoms with Gasteiger partial charge < -0.3 is 20.1 Å². The number of hydrogen-bond acceptors (Lipinski definition) is 5. The van der Waals surface area contributed by atoms with Crippen LogP contribution in [0.25, 0.3) is 0 Å². The normalized spacial score (nSPS) is 17.0. The zero-order valence-corrected chi connectivity index (χ0v) is 16.8. The number of guanidine groups is 1. The van der Waals surface area contributed by atoms with E-state index in [2.05, 4.69) is 20.4 Å². The highest BCUT2D eigenvalue weighted by Crippen LogP contribution is 2.32. The molecule has 0 amide bonds. The van der Waals surface area contributed by atoms with E-state index in [-0.39, 0.29) is 23.8 Å². The average molecular weight is 420 g/mol. The van der Waals surface area contributed by atoms with Gasteiger partial charge in [-0.05, 0) is 19.4 Å². The fourth-order valence-corrected chi connectivity index (χ4v) is 4.36. The fourth-order valence-electron chi connectivity index (χ4n) is 2.83. The van der Waals surface area contributed by atoms with Crippen LogP contribution in [-0.2, 0) is 16.6 Å². The second-order valence-corrected chi connectivity index (χ2v) is 8.07. The predicted octanol–water partition coefficient (Wildman–Crippen LogP) is 1.39. The van der Waals surface area contributed by atoms with Crippen LogP contribution in [0.15, 0.2) is 23.2 Å². The first-order chi connectivity index (χ1) is 13.4. The second kappa shape index (κ2) is 10.4. The summed E-state index contributed by atoms with van der Waals surface area (Å²) in [5.74, 6) is 0.819. The monoisotopic (exact) mass is 420 g/mol. The van der Waals surface area contributed by atoms with E-state index in [1.165, 1.54) is 4.31 Å². The Hall–Kier alpha value is -2.14. The van der Waals surface area contributed by atoms with Crippen molar-refractivity contribution in [3.63, 3.8) is 0 Å². The lowest BCUT2D eigenvalue weighted by Crippen LogP contribution is -2.41. The minimum Gasteiger partial charge on any atom is -0.490 e. The molecule has 28 heavy (non-hydrogen) atoms. The SMILES string of the molecule is CCOc1cccc(CNC(=NC)NCCN2CCCS2(=O)=O)c1OC(F)F. The molecule has 1 aromatic rings. The van der Waals surface area contributed by atoms with Crippen molar-refractivity contribution in [2.24, 2.45) is 4.99 Å². The molecular formula is C17H26F2N4O4S. The van der Waals surface area contributed by atoms with Crippen LogP contribution >= 0.6 is 0 Å². The molecule has 1 saturated heterocycles. The minimum atomic E-state index is -3.14. The van der Waals surface area contributed by atoms with Crippen molar-refractivity contribution in [2.75, 3.05) is 39.0 Å². The highest BCUT2D eigenvalue weighted by atomic mass is 32.2. The van der Waals surface area contributed by atoms with E-state index in [4.69, 9.17) is 4.74 Å². The summed E-state index contributed by atoms with van der Waals surface area (Å²) < 4.78 is 60.6. The van der Waals surface area contributed by atoms with E-state index in [1.54, 1.807) is 32.2 Å². The van der Waals surface area contributed by atoms with Crippen LogP contribution in [0.2, 0.25) is 0 Å². The fraction of sp³-hybridized carbons (Fsp3) is 0.588. The summed E-state index contributed by atoms with van der Waals surface area (Å²) in [6, 6.07) is 4.90. The van der Waals surface area contributed by atoms with Gasteiger partial charge in [0, 0.05) is 38.8 Å². The number of rotatable bonds is 9. The van der Waals surface area contributed by atoms with Crippen LogP contribution in [0, 0.1) is 0 Å². The first-order valence-electron chi connectivity index (χ1n) is 8.99. The lowest BCUT2D eigenvalue weighted by Gasteiger charge is -2.18. The Morgan fingerprint density at radius 2 is 2.14 bits per heavy atom. The molecule has 0 atom stereocenters. The van der Waals surface area contributed by atoms with Crippen LogP contribution in [-0.4, -0.2) is 64.3 Å². The van der Waals surface area contributed by atoms with Gasteiger partial charge in [-0.3, -0.25) is 4.99 Å². The molecule has 2 rings (SSSR count). The first-order valence-corrected chi connectivity index (χ1v) is 10.6. The van der Waals surface area contributed by atoms with Gasteiger partial charge in [0.1, 0.15) is 0 Å². The van der Waals surface area contributed by atoms with Crippen molar-refractivity contribution in [3.05, 3.63) is 23.8 Å². The van der Waals surface area contributed by atoms with Crippen LogP contribution in [0.4, 0.5) is 8.78 Å². The van der Waals surface area contributed by atoms with Crippen molar-refractivity contribution < 1.29 is 26.7 Å². The number of benzene rings is 1. The van der Waals surface area contributed by atoms with E-state index in [0.29, 0.717) is 44.2 Å². The molecule has 1 heterocycles. The third-order valence-electron chi connectivity index (χ3n) is 4.09. The largest absolute Gasteiger partial charge is 0.490 e. The van der Waals surface area contributed by atoms with Gasteiger partial charge in [-0.25, -0.2) is 12.7 Å². The number of ether oxygens (including phenoxy) is 2. The molecule has 158 valence electrons. The van der Waals surface area contributed by atoms with Crippen molar-refractivity contribution in [2.45, 2.75) is 26.5 Å². The molecule has 0 spiro atoms. The number of aliphatic imine (C=N–C) groups is 1. The van der Waals surface area contributed by atoms with Gasteiger partial charge in [0.15, 0.2) is 17.5 Å². The number of sulfonamides is 1. The molecule has 0 aliphatic carbocycles. The molecule has 2 N–H and O–H groups in total. The summed E-state index contributed by atoms with van der Waals surface area (Å²) in [6.45, 7) is 0.503. The first kappa shape index (κ1) is 22.2. The number of halogens is 2. The highest BCUT2D eigenvalue weighted by molar-refractivity contribution is 7.89. The number of hydrogen-bond donors (Lipinski definition) is 2. The lowest BCUT2D eigenvalue weighted by molar-refractivity contribution is -0.0520. The number of nitrogens with one attached hydrogen (secondary N) is 2. The molecule has 11 heteroatoms. The third-order valence-corrected chi connectivity index (χ3v) is 6.05. The summed E-state index contributed by atoms with van der Waals surface area (Å²) in [4.78, 5) is 4.06. The van der Waals surface area contributed by atoms with E-state index in [9.17, 15) is 17.2 Å². The summed E-state index contributed by atoms with van der Waals surface area (Å²) >= 11 is 0. The highest BCUT2D eigenvalue weighted by Gasteiger charge is 2.27. The third kappa shape index (κ3) is 6.20. The van der Waals surface area contributed by atoms with Gasteiger partial charge in [0.2, 0.25) is 10.0 Å². The van der Waals surface area contributed by atoms with E-state index in [0.717, 1.165) is 0 Å². The molecule has 0 bridgehead atoms. The molecule has 1 aliphatic heterocycles. The van der Waals surface area contributed by atoms with Crippen molar-refractivity contribution in [3.8, 4) is 11.5 Å². The summed E-state index contributed by atoms with van der Waals surface area (Å²) in [5, 5.41) is 6.02. The average Bonchev–Trinajstić information content (AvgIpc) is 2.98. The summed E-state index contributed by atoms with van der Waals surface area (Å²) in [5.41, 5.74) is 0.483. The Labute approximate surface area is 164 Å². The van der Waals surface area contributed by atoms with Crippen molar-refractivity contribution in [1.82, 2.24) is 14.9 Å². The smallest absolute Gasteiger partial charge is 0.387 e. The Morgan fingerprint density at radius 1 is 1.36 bits per heavy atom. The maximum atomic E-state index is 12.8. The maximum Gasteiger partial charge on any atom is 0.387 e. The molecule has 1 aliphatic rings. The van der Waals surface area contributed by atoms with E-state index < -0.39 is 16.6 Å².